The number of aromatic nitrogens is 3. The molecule has 0 radical (unpaired) electrons. The van der Waals surface area contributed by atoms with E-state index in [-0.39, 0.29) is 12.1 Å². The maximum absolute atomic E-state index is 10.4. The molecule has 2 aromatic heterocycles. The lowest BCUT2D eigenvalue weighted by Crippen LogP contribution is -2.35. The highest BCUT2D eigenvalue weighted by Gasteiger charge is 2.32. The van der Waals surface area contributed by atoms with E-state index in [1.807, 2.05) is 35.1 Å². The normalized spacial score (nSPS) is 23.4. The lowest BCUT2D eigenvalue weighted by Gasteiger charge is -2.15. The van der Waals surface area contributed by atoms with Crippen LogP contribution < -0.4 is 10.1 Å². The van der Waals surface area contributed by atoms with Crippen molar-refractivity contribution in [1.29, 1.82) is 0 Å². The fourth-order valence-electron chi connectivity index (χ4n) is 3.86. The van der Waals surface area contributed by atoms with Crippen LogP contribution in [0.1, 0.15) is 18.5 Å². The van der Waals surface area contributed by atoms with Gasteiger partial charge in [-0.25, -0.2) is 0 Å². The first-order valence-corrected chi connectivity index (χ1v) is 8.76. The Morgan fingerprint density at radius 3 is 3.08 bits per heavy atom. The zero-order chi connectivity index (χ0) is 17.2. The minimum atomic E-state index is -0.306. The van der Waals surface area contributed by atoms with Gasteiger partial charge in [-0.1, -0.05) is 6.07 Å². The highest BCUT2D eigenvalue weighted by molar-refractivity contribution is 5.86. The summed E-state index contributed by atoms with van der Waals surface area (Å²) in [5.74, 6) is 1.33. The number of aromatic amines is 1. The zero-order valence-electron chi connectivity index (χ0n) is 14.4. The van der Waals surface area contributed by atoms with Crippen LogP contribution in [0.15, 0.2) is 42.7 Å². The molecule has 1 aliphatic carbocycles. The lowest BCUT2D eigenvalue weighted by molar-refractivity contribution is 0.145. The highest BCUT2D eigenvalue weighted by atomic mass is 16.5. The molecule has 1 fully saturated rings. The molecule has 1 unspecified atom stereocenters. The molecule has 1 saturated carbocycles. The second-order valence-corrected chi connectivity index (χ2v) is 6.84. The van der Waals surface area contributed by atoms with Crippen molar-refractivity contribution >= 4 is 10.9 Å². The van der Waals surface area contributed by atoms with Gasteiger partial charge in [0, 0.05) is 48.1 Å². The van der Waals surface area contributed by atoms with Gasteiger partial charge in [0.05, 0.1) is 13.2 Å². The third kappa shape index (κ3) is 3.41. The first-order chi connectivity index (χ1) is 12.2. The van der Waals surface area contributed by atoms with Crippen LogP contribution in [0.4, 0.5) is 0 Å². The number of rotatable bonds is 6. The molecule has 3 atom stereocenters. The molecule has 2 heterocycles. The van der Waals surface area contributed by atoms with Gasteiger partial charge < -0.3 is 20.1 Å². The summed E-state index contributed by atoms with van der Waals surface area (Å²) >= 11 is 0. The molecule has 0 aliphatic heterocycles. The van der Waals surface area contributed by atoms with Gasteiger partial charge in [-0.15, -0.1) is 0 Å². The number of hydrogen-bond acceptors (Lipinski definition) is 4. The molecule has 6 nitrogen and oxygen atoms in total. The van der Waals surface area contributed by atoms with Crippen molar-refractivity contribution in [3.05, 3.63) is 48.4 Å². The first-order valence-electron chi connectivity index (χ1n) is 8.76. The Morgan fingerprint density at radius 2 is 2.28 bits per heavy atom. The molecule has 3 aromatic rings. The number of hydrogen-bond donors (Lipinski definition) is 3. The molecule has 132 valence electrons. The van der Waals surface area contributed by atoms with Crippen LogP contribution >= 0.6 is 0 Å². The molecule has 1 aliphatic rings. The predicted octanol–water partition coefficient (Wildman–Crippen LogP) is 2.30. The van der Waals surface area contributed by atoms with Gasteiger partial charge in [0.2, 0.25) is 0 Å². The molecule has 25 heavy (non-hydrogen) atoms. The van der Waals surface area contributed by atoms with Crippen LogP contribution in [-0.4, -0.2) is 39.1 Å². The average Bonchev–Trinajstić information content (AvgIpc) is 3.33. The molecule has 6 heteroatoms. The van der Waals surface area contributed by atoms with E-state index in [0.29, 0.717) is 12.5 Å². The number of ether oxygens (including phenoxy) is 1. The van der Waals surface area contributed by atoms with E-state index in [1.54, 1.807) is 13.3 Å². The van der Waals surface area contributed by atoms with Gasteiger partial charge in [-0.2, -0.15) is 5.10 Å². The number of H-pyrrole nitrogens is 1. The molecule has 1 aromatic carbocycles. The average molecular weight is 340 g/mol. The summed E-state index contributed by atoms with van der Waals surface area (Å²) in [6, 6.07) is 10.2. The first kappa shape index (κ1) is 16.2. The van der Waals surface area contributed by atoms with Gasteiger partial charge in [-0.05, 0) is 43.0 Å². The Labute approximate surface area is 146 Å². The van der Waals surface area contributed by atoms with E-state index in [2.05, 4.69) is 21.5 Å². The van der Waals surface area contributed by atoms with E-state index in [9.17, 15) is 5.11 Å². The van der Waals surface area contributed by atoms with Gasteiger partial charge >= 0.3 is 0 Å². The number of aliphatic hydroxyl groups is 1. The summed E-state index contributed by atoms with van der Waals surface area (Å²) in [4.78, 5) is 3.42. The standard InChI is InChI=1S/C19H24N4O2/c1-25-19-5-2-4-16-15(19)10-14(22-16)11-20-17-8-13(9-18(17)24)12-23-7-3-6-21-23/h2-7,10,13,17-18,20,22,24H,8-9,11-12H2,1H3/t13?,17-,18-/m1/s1. The lowest BCUT2D eigenvalue weighted by atomic mass is 10.1. The van der Waals surface area contributed by atoms with Crippen LogP contribution in [0.5, 0.6) is 5.75 Å². The molecule has 0 spiro atoms. The van der Waals surface area contributed by atoms with E-state index in [1.165, 1.54) is 0 Å². The zero-order valence-corrected chi connectivity index (χ0v) is 14.4. The molecular weight excluding hydrogens is 316 g/mol. The van der Waals surface area contributed by atoms with Gasteiger partial charge in [-0.3, -0.25) is 4.68 Å². The summed E-state index contributed by atoms with van der Waals surface area (Å²) in [5, 5.41) is 19.2. The van der Waals surface area contributed by atoms with Gasteiger partial charge in [0.25, 0.3) is 0 Å². The molecule has 0 saturated heterocycles. The monoisotopic (exact) mass is 340 g/mol. The van der Waals surface area contributed by atoms with Crippen LogP contribution in [0.3, 0.4) is 0 Å². The van der Waals surface area contributed by atoms with Crippen molar-refractivity contribution < 1.29 is 9.84 Å². The van der Waals surface area contributed by atoms with Crippen LogP contribution in [0, 0.1) is 5.92 Å². The number of nitrogens with zero attached hydrogens (tertiary/aromatic N) is 2. The van der Waals surface area contributed by atoms with E-state index in [4.69, 9.17) is 4.74 Å². The number of methoxy groups -OCH3 is 1. The number of fused-ring (bicyclic) bond motifs is 1. The molecule has 3 N–H and O–H groups in total. The summed E-state index contributed by atoms with van der Waals surface area (Å²) in [6.45, 7) is 1.57. The van der Waals surface area contributed by atoms with Crippen molar-refractivity contribution in [2.75, 3.05) is 7.11 Å². The SMILES string of the molecule is COc1cccc2[nH]c(CN[C@@H]3CC(Cn4cccn4)C[C@H]3O)cc12. The third-order valence-corrected chi connectivity index (χ3v) is 5.09. The Morgan fingerprint density at radius 1 is 1.36 bits per heavy atom. The minimum absolute atomic E-state index is 0.119. The van der Waals surface area contributed by atoms with Crippen molar-refractivity contribution in [1.82, 2.24) is 20.1 Å². The topological polar surface area (TPSA) is 75.1 Å². The van der Waals surface area contributed by atoms with Gasteiger partial charge in [0.1, 0.15) is 5.75 Å². The third-order valence-electron chi connectivity index (χ3n) is 5.09. The summed E-state index contributed by atoms with van der Waals surface area (Å²) in [5.41, 5.74) is 2.17. The van der Waals surface area contributed by atoms with Crippen LogP contribution in [0.2, 0.25) is 0 Å². The molecular formula is C19H24N4O2. The predicted molar refractivity (Wildman–Crippen MR) is 96.4 cm³/mol. The second-order valence-electron chi connectivity index (χ2n) is 6.84. The highest BCUT2D eigenvalue weighted by Crippen LogP contribution is 2.29. The minimum Gasteiger partial charge on any atom is -0.496 e. The Kier molecular flexibility index (Phi) is 4.46. The van der Waals surface area contributed by atoms with Crippen molar-refractivity contribution in [2.45, 2.75) is 38.1 Å². The van der Waals surface area contributed by atoms with Gasteiger partial charge in [0.15, 0.2) is 0 Å². The Hall–Kier alpha value is -2.31. The van der Waals surface area contributed by atoms with Crippen molar-refractivity contribution in [3.8, 4) is 5.75 Å². The van der Waals surface area contributed by atoms with E-state index in [0.717, 1.165) is 41.7 Å². The van der Waals surface area contributed by atoms with E-state index >= 15 is 0 Å². The molecule has 4 rings (SSSR count). The van der Waals surface area contributed by atoms with Crippen LogP contribution in [0.25, 0.3) is 10.9 Å². The molecule has 0 amide bonds. The second kappa shape index (κ2) is 6.90. The maximum atomic E-state index is 10.4. The number of aliphatic hydroxyl groups excluding tert-OH is 1. The van der Waals surface area contributed by atoms with E-state index < -0.39 is 0 Å². The summed E-state index contributed by atoms with van der Waals surface area (Å²) in [7, 11) is 1.69. The molecule has 0 bridgehead atoms. The number of benzene rings is 1. The summed E-state index contributed by atoms with van der Waals surface area (Å²) in [6.07, 6.45) is 5.25. The fraction of sp³-hybridized carbons (Fsp3) is 0.421. The smallest absolute Gasteiger partial charge is 0.128 e. The summed E-state index contributed by atoms with van der Waals surface area (Å²) < 4.78 is 7.36. The fourth-order valence-corrected chi connectivity index (χ4v) is 3.86. The maximum Gasteiger partial charge on any atom is 0.128 e. The quantitative estimate of drug-likeness (QED) is 0.644. The van der Waals surface area contributed by atoms with Crippen molar-refractivity contribution in [2.24, 2.45) is 5.92 Å². The van der Waals surface area contributed by atoms with Crippen LogP contribution in [-0.2, 0) is 13.1 Å². The Bertz CT molecular complexity index is 827. The Balaban J connectivity index is 1.38. The largest absolute Gasteiger partial charge is 0.496 e. The number of nitrogens with one attached hydrogen (secondary N) is 2. The van der Waals surface area contributed by atoms with Crippen molar-refractivity contribution in [3.63, 3.8) is 0 Å².